The van der Waals surface area contributed by atoms with Gasteiger partial charge in [0.05, 0.1) is 22.7 Å². The topological polar surface area (TPSA) is 67.4 Å². The number of urea groups is 1. The average molecular weight is 343 g/mol. The highest BCUT2D eigenvalue weighted by Gasteiger charge is 2.39. The Bertz CT molecular complexity index is 619. The molecule has 0 saturated carbocycles. The lowest BCUT2D eigenvalue weighted by atomic mass is 9.89. The molecule has 0 aliphatic carbocycles. The van der Waals surface area contributed by atoms with E-state index in [2.05, 4.69) is 17.2 Å². The Morgan fingerprint density at radius 2 is 2.14 bits per heavy atom. The summed E-state index contributed by atoms with van der Waals surface area (Å²) in [5.41, 5.74) is 0.814. The molecular formula is C15H16Cl2N2O3. The van der Waals surface area contributed by atoms with E-state index in [0.717, 1.165) is 0 Å². The van der Waals surface area contributed by atoms with Crippen molar-refractivity contribution in [3.8, 4) is 0 Å². The Balaban J connectivity index is 2.38. The van der Waals surface area contributed by atoms with Crippen LogP contribution in [0.2, 0.25) is 10.0 Å². The third kappa shape index (κ3) is 3.36. The van der Waals surface area contributed by atoms with E-state index < -0.39 is 24.0 Å². The van der Waals surface area contributed by atoms with Crippen molar-refractivity contribution in [3.05, 3.63) is 46.1 Å². The molecule has 2 rings (SSSR count). The minimum Gasteiger partial charge on any atom is -0.465 e. The number of carbonyl (C=O) groups is 2. The second kappa shape index (κ2) is 7.03. The summed E-state index contributed by atoms with van der Waals surface area (Å²) in [5, 5.41) is 5.82. The monoisotopic (exact) mass is 342 g/mol. The first-order valence-electron chi connectivity index (χ1n) is 6.82. The van der Waals surface area contributed by atoms with Gasteiger partial charge in [0.1, 0.15) is 5.92 Å². The Morgan fingerprint density at radius 1 is 1.41 bits per heavy atom. The maximum Gasteiger partial charge on any atom is 0.319 e. The number of ether oxygens (including phenoxy) is 1. The molecule has 0 radical (unpaired) electrons. The molecule has 1 saturated heterocycles. The van der Waals surface area contributed by atoms with Crippen LogP contribution in [0.25, 0.3) is 0 Å². The Morgan fingerprint density at radius 3 is 2.82 bits per heavy atom. The first kappa shape index (κ1) is 16.6. The number of hydrogen-bond acceptors (Lipinski definition) is 3. The zero-order valence-corrected chi connectivity index (χ0v) is 13.5. The number of hydrogen-bond donors (Lipinski definition) is 2. The van der Waals surface area contributed by atoms with E-state index in [4.69, 9.17) is 27.9 Å². The van der Waals surface area contributed by atoms with Gasteiger partial charge in [0, 0.05) is 5.70 Å². The van der Waals surface area contributed by atoms with E-state index in [9.17, 15) is 9.59 Å². The van der Waals surface area contributed by atoms with E-state index in [0.29, 0.717) is 23.6 Å². The van der Waals surface area contributed by atoms with Crippen molar-refractivity contribution < 1.29 is 14.3 Å². The summed E-state index contributed by atoms with van der Waals surface area (Å²) in [7, 11) is 0. The van der Waals surface area contributed by atoms with Crippen molar-refractivity contribution in [3.63, 3.8) is 0 Å². The molecule has 2 N–H and O–H groups in total. The van der Waals surface area contributed by atoms with Gasteiger partial charge in [0.2, 0.25) is 0 Å². The number of amides is 2. The van der Waals surface area contributed by atoms with E-state index in [1.165, 1.54) is 0 Å². The standard InChI is InChI=1S/C15H16Cl2N2O3/c1-3-7-22-14(20)11-8(2)18-15(21)19-13(11)9-5-4-6-10(16)12(9)17/h4-6,11,13H,2-3,7H2,1H3,(H2,18,19,21)/t11-,13-/m0/s1. The van der Waals surface area contributed by atoms with Gasteiger partial charge in [-0.3, -0.25) is 4.79 Å². The van der Waals surface area contributed by atoms with Crippen molar-refractivity contribution >= 4 is 35.2 Å². The maximum absolute atomic E-state index is 12.3. The SMILES string of the molecule is C=C1NC(=O)N[C@@H](c2cccc(Cl)c2Cl)[C@H]1C(=O)OCCC. The fraction of sp³-hybridized carbons (Fsp3) is 0.333. The lowest BCUT2D eigenvalue weighted by Gasteiger charge is -2.33. The van der Waals surface area contributed by atoms with Gasteiger partial charge in [0.25, 0.3) is 0 Å². The molecule has 1 fully saturated rings. The minimum absolute atomic E-state index is 0.269. The number of carbonyl (C=O) groups excluding carboxylic acids is 2. The molecule has 0 aromatic heterocycles. The molecule has 1 aromatic carbocycles. The number of halogens is 2. The van der Waals surface area contributed by atoms with Crippen LogP contribution in [-0.2, 0) is 9.53 Å². The van der Waals surface area contributed by atoms with E-state index in [-0.39, 0.29) is 10.7 Å². The Labute approximate surface area is 138 Å². The highest BCUT2D eigenvalue weighted by molar-refractivity contribution is 6.42. The summed E-state index contributed by atoms with van der Waals surface area (Å²) in [5.74, 6) is -1.25. The normalized spacial score (nSPS) is 21.0. The zero-order chi connectivity index (χ0) is 16.3. The van der Waals surface area contributed by atoms with Crippen LogP contribution in [0.4, 0.5) is 4.79 Å². The smallest absolute Gasteiger partial charge is 0.319 e. The van der Waals surface area contributed by atoms with Gasteiger partial charge >= 0.3 is 12.0 Å². The summed E-state index contributed by atoms with van der Waals surface area (Å²) < 4.78 is 5.19. The molecule has 5 nitrogen and oxygen atoms in total. The molecular weight excluding hydrogens is 327 g/mol. The predicted molar refractivity (Wildman–Crippen MR) is 84.8 cm³/mol. The Kier molecular flexibility index (Phi) is 5.32. The fourth-order valence-electron chi connectivity index (χ4n) is 2.27. The van der Waals surface area contributed by atoms with Crippen molar-refractivity contribution in [1.29, 1.82) is 0 Å². The fourth-order valence-corrected chi connectivity index (χ4v) is 2.70. The molecule has 0 bridgehead atoms. The molecule has 7 heteroatoms. The summed E-state index contributed by atoms with van der Waals surface area (Å²) in [6, 6.07) is 3.91. The molecule has 118 valence electrons. The second-order valence-electron chi connectivity index (χ2n) is 4.89. The van der Waals surface area contributed by atoms with Crippen molar-refractivity contribution in [2.45, 2.75) is 19.4 Å². The van der Waals surface area contributed by atoms with Crippen LogP contribution in [0.1, 0.15) is 24.9 Å². The lowest BCUT2D eigenvalue weighted by Crippen LogP contribution is -2.51. The van der Waals surface area contributed by atoms with Crippen LogP contribution < -0.4 is 10.6 Å². The number of nitrogens with one attached hydrogen (secondary N) is 2. The maximum atomic E-state index is 12.3. The van der Waals surface area contributed by atoms with Gasteiger partial charge < -0.3 is 15.4 Å². The number of rotatable bonds is 4. The zero-order valence-electron chi connectivity index (χ0n) is 12.0. The van der Waals surface area contributed by atoms with Gasteiger partial charge in [-0.2, -0.15) is 0 Å². The molecule has 2 amide bonds. The molecule has 2 atom stereocenters. The summed E-state index contributed by atoms with van der Waals surface area (Å²) in [4.78, 5) is 24.0. The van der Waals surface area contributed by atoms with Crippen LogP contribution in [0.3, 0.4) is 0 Å². The number of esters is 1. The average Bonchev–Trinajstić information content (AvgIpc) is 2.46. The Hall–Kier alpha value is -1.72. The largest absolute Gasteiger partial charge is 0.465 e. The van der Waals surface area contributed by atoms with Crippen LogP contribution >= 0.6 is 23.2 Å². The third-order valence-corrected chi connectivity index (χ3v) is 4.12. The van der Waals surface area contributed by atoms with Crippen LogP contribution in [0.5, 0.6) is 0 Å². The van der Waals surface area contributed by atoms with Crippen LogP contribution in [0, 0.1) is 5.92 Å². The van der Waals surface area contributed by atoms with E-state index >= 15 is 0 Å². The predicted octanol–water partition coefficient (Wildman–Crippen LogP) is 3.43. The summed E-state index contributed by atoms with van der Waals surface area (Å²) >= 11 is 12.2. The molecule has 22 heavy (non-hydrogen) atoms. The molecule has 1 aliphatic heterocycles. The minimum atomic E-state index is -0.778. The van der Waals surface area contributed by atoms with Crippen molar-refractivity contribution in [2.24, 2.45) is 5.92 Å². The number of benzene rings is 1. The highest BCUT2D eigenvalue weighted by atomic mass is 35.5. The summed E-state index contributed by atoms with van der Waals surface area (Å²) in [6.07, 6.45) is 0.702. The van der Waals surface area contributed by atoms with E-state index in [1.54, 1.807) is 18.2 Å². The second-order valence-corrected chi connectivity index (χ2v) is 5.67. The summed E-state index contributed by atoms with van der Waals surface area (Å²) in [6.45, 7) is 5.95. The van der Waals surface area contributed by atoms with Gasteiger partial charge in [-0.25, -0.2) is 4.79 Å². The molecule has 1 heterocycles. The van der Waals surface area contributed by atoms with Gasteiger partial charge in [-0.1, -0.05) is 48.8 Å². The molecule has 0 spiro atoms. The first-order chi connectivity index (χ1) is 10.5. The quantitative estimate of drug-likeness (QED) is 0.823. The first-order valence-corrected chi connectivity index (χ1v) is 7.58. The van der Waals surface area contributed by atoms with Crippen LogP contribution in [0.15, 0.2) is 30.5 Å². The van der Waals surface area contributed by atoms with Gasteiger partial charge in [-0.05, 0) is 18.1 Å². The highest BCUT2D eigenvalue weighted by Crippen LogP contribution is 2.37. The molecule has 1 aliphatic rings. The van der Waals surface area contributed by atoms with Gasteiger partial charge in [0.15, 0.2) is 0 Å². The van der Waals surface area contributed by atoms with Crippen LogP contribution in [-0.4, -0.2) is 18.6 Å². The molecule has 0 unspecified atom stereocenters. The van der Waals surface area contributed by atoms with E-state index in [1.807, 2.05) is 6.92 Å². The van der Waals surface area contributed by atoms with Crippen molar-refractivity contribution in [1.82, 2.24) is 10.6 Å². The molecule has 1 aromatic rings. The van der Waals surface area contributed by atoms with Crippen molar-refractivity contribution in [2.75, 3.05) is 6.61 Å². The lowest BCUT2D eigenvalue weighted by molar-refractivity contribution is -0.148. The third-order valence-electron chi connectivity index (χ3n) is 3.29. The van der Waals surface area contributed by atoms with Gasteiger partial charge in [-0.15, -0.1) is 0 Å².